The van der Waals surface area contributed by atoms with Crippen molar-refractivity contribution >= 4 is 12.0 Å². The summed E-state index contributed by atoms with van der Waals surface area (Å²) in [5, 5.41) is 12.2. The zero-order valence-corrected chi connectivity index (χ0v) is 13.4. The minimum atomic E-state index is -0.858. The van der Waals surface area contributed by atoms with Gasteiger partial charge in [0.05, 0.1) is 12.0 Å². The number of nitrogens with zero attached hydrogens (tertiary/aromatic N) is 1. The molecule has 1 aliphatic carbocycles. The first-order chi connectivity index (χ1) is 9.70. The van der Waals surface area contributed by atoms with Crippen LogP contribution in [0.1, 0.15) is 59.3 Å². The van der Waals surface area contributed by atoms with Gasteiger partial charge >= 0.3 is 12.0 Å². The minimum Gasteiger partial charge on any atom is -0.481 e. The van der Waals surface area contributed by atoms with Crippen molar-refractivity contribution in [2.45, 2.75) is 70.4 Å². The molecule has 5 nitrogen and oxygen atoms in total. The normalized spacial score (nSPS) is 17.9. The molecule has 0 saturated heterocycles. The topological polar surface area (TPSA) is 69.6 Å². The lowest BCUT2D eigenvalue weighted by Gasteiger charge is -2.41. The summed E-state index contributed by atoms with van der Waals surface area (Å²) in [5.74, 6) is -0.858. The van der Waals surface area contributed by atoms with Crippen LogP contribution in [0.15, 0.2) is 12.7 Å². The van der Waals surface area contributed by atoms with Gasteiger partial charge in [-0.25, -0.2) is 4.79 Å². The van der Waals surface area contributed by atoms with E-state index in [1.165, 1.54) is 0 Å². The van der Waals surface area contributed by atoms with Crippen LogP contribution in [-0.2, 0) is 4.79 Å². The first-order valence-corrected chi connectivity index (χ1v) is 7.63. The largest absolute Gasteiger partial charge is 0.481 e. The van der Waals surface area contributed by atoms with Gasteiger partial charge in [0.2, 0.25) is 0 Å². The molecule has 0 bridgehead atoms. The first-order valence-electron chi connectivity index (χ1n) is 7.63. The van der Waals surface area contributed by atoms with Gasteiger partial charge in [-0.3, -0.25) is 4.79 Å². The maximum Gasteiger partial charge on any atom is 0.318 e. The third kappa shape index (κ3) is 5.06. The average Bonchev–Trinajstić information content (AvgIpc) is 2.34. The second kappa shape index (κ2) is 6.96. The summed E-state index contributed by atoms with van der Waals surface area (Å²) >= 11 is 0. The number of urea groups is 1. The molecular weight excluding hydrogens is 268 g/mol. The molecule has 0 radical (unpaired) electrons. The monoisotopic (exact) mass is 296 g/mol. The number of carboxylic acids is 1. The smallest absolute Gasteiger partial charge is 0.318 e. The molecular formula is C16H28N2O3. The molecule has 1 saturated carbocycles. The van der Waals surface area contributed by atoms with E-state index < -0.39 is 11.5 Å². The van der Waals surface area contributed by atoms with Gasteiger partial charge in [0.1, 0.15) is 0 Å². The maximum absolute atomic E-state index is 12.6. The summed E-state index contributed by atoms with van der Waals surface area (Å²) in [4.78, 5) is 25.5. The quantitative estimate of drug-likeness (QED) is 0.766. The van der Waals surface area contributed by atoms with E-state index in [1.54, 1.807) is 11.0 Å². The van der Waals surface area contributed by atoms with Crippen molar-refractivity contribution in [3.05, 3.63) is 12.7 Å². The minimum absolute atomic E-state index is 0.00911. The number of aliphatic carboxylic acids is 1. The van der Waals surface area contributed by atoms with Crippen LogP contribution in [0.25, 0.3) is 0 Å². The fourth-order valence-electron chi connectivity index (χ4n) is 2.95. The molecule has 0 aromatic heterocycles. The van der Waals surface area contributed by atoms with Crippen LogP contribution in [-0.4, -0.2) is 39.6 Å². The van der Waals surface area contributed by atoms with E-state index in [9.17, 15) is 9.59 Å². The van der Waals surface area contributed by atoms with Crippen LogP contribution in [0, 0.1) is 0 Å². The number of nitrogens with one attached hydrogen (secondary N) is 1. The second-order valence-electron chi connectivity index (χ2n) is 6.91. The molecule has 0 aromatic rings. The summed E-state index contributed by atoms with van der Waals surface area (Å²) in [5.41, 5.74) is -0.941. The van der Waals surface area contributed by atoms with Gasteiger partial charge in [0.25, 0.3) is 0 Å². The Kier molecular flexibility index (Phi) is 5.81. The molecule has 2 amide bonds. The Labute approximate surface area is 127 Å². The second-order valence-corrected chi connectivity index (χ2v) is 6.91. The standard InChI is InChI=1S/C16H28N2O3/c1-5-11-18(15(2,3)4)14(21)17-16(12-13(19)20)9-7-6-8-10-16/h5H,1,6-12H2,2-4H3,(H,17,21)(H,19,20). The van der Waals surface area contributed by atoms with Crippen molar-refractivity contribution in [2.24, 2.45) is 0 Å². The highest BCUT2D eigenvalue weighted by Crippen LogP contribution is 2.31. The zero-order chi connectivity index (χ0) is 16.1. The Balaban J connectivity index is 2.88. The van der Waals surface area contributed by atoms with Crippen LogP contribution in [0.5, 0.6) is 0 Å². The number of hydrogen-bond acceptors (Lipinski definition) is 2. The summed E-state index contributed by atoms with van der Waals surface area (Å²) in [6, 6.07) is -0.203. The summed E-state index contributed by atoms with van der Waals surface area (Å²) in [7, 11) is 0. The Morgan fingerprint density at radius 1 is 1.29 bits per heavy atom. The van der Waals surface area contributed by atoms with Gasteiger partial charge in [0, 0.05) is 12.1 Å². The highest BCUT2D eigenvalue weighted by molar-refractivity contribution is 5.77. The van der Waals surface area contributed by atoms with Crippen LogP contribution >= 0.6 is 0 Å². The molecule has 1 rings (SSSR count). The van der Waals surface area contributed by atoms with Gasteiger partial charge in [0.15, 0.2) is 0 Å². The fourth-order valence-corrected chi connectivity index (χ4v) is 2.95. The summed E-state index contributed by atoms with van der Waals surface area (Å²) in [6.45, 7) is 10.0. The number of hydrogen-bond donors (Lipinski definition) is 2. The van der Waals surface area contributed by atoms with Crippen molar-refractivity contribution in [3.63, 3.8) is 0 Å². The molecule has 0 unspecified atom stereocenters. The van der Waals surface area contributed by atoms with Crippen LogP contribution < -0.4 is 5.32 Å². The molecule has 0 heterocycles. The summed E-state index contributed by atoms with van der Waals surface area (Å²) < 4.78 is 0. The Morgan fingerprint density at radius 3 is 2.29 bits per heavy atom. The van der Waals surface area contributed by atoms with Gasteiger partial charge in [-0.15, -0.1) is 6.58 Å². The van der Waals surface area contributed by atoms with Gasteiger partial charge < -0.3 is 15.3 Å². The third-order valence-corrected chi connectivity index (χ3v) is 4.04. The molecule has 2 N–H and O–H groups in total. The van der Waals surface area contributed by atoms with Crippen molar-refractivity contribution < 1.29 is 14.7 Å². The van der Waals surface area contributed by atoms with Gasteiger partial charge in [-0.2, -0.15) is 0 Å². The van der Waals surface area contributed by atoms with E-state index >= 15 is 0 Å². The SMILES string of the molecule is C=CCN(C(=O)NC1(CC(=O)O)CCCCC1)C(C)(C)C. The number of carbonyl (C=O) groups is 2. The predicted octanol–water partition coefficient (Wildman–Crippen LogP) is 3.16. The third-order valence-electron chi connectivity index (χ3n) is 4.04. The van der Waals surface area contributed by atoms with E-state index in [1.807, 2.05) is 20.8 Å². The Morgan fingerprint density at radius 2 is 1.86 bits per heavy atom. The van der Waals surface area contributed by atoms with E-state index in [2.05, 4.69) is 11.9 Å². The molecule has 0 aliphatic heterocycles. The maximum atomic E-state index is 12.6. The lowest BCUT2D eigenvalue weighted by molar-refractivity contribution is -0.139. The molecule has 5 heteroatoms. The molecule has 0 aromatic carbocycles. The lowest BCUT2D eigenvalue weighted by atomic mass is 9.79. The molecule has 21 heavy (non-hydrogen) atoms. The molecule has 1 fully saturated rings. The molecule has 0 atom stereocenters. The van der Waals surface area contributed by atoms with Crippen molar-refractivity contribution in [3.8, 4) is 0 Å². The van der Waals surface area contributed by atoms with Crippen molar-refractivity contribution in [2.75, 3.05) is 6.54 Å². The molecule has 120 valence electrons. The van der Waals surface area contributed by atoms with E-state index in [0.29, 0.717) is 6.54 Å². The van der Waals surface area contributed by atoms with Crippen molar-refractivity contribution in [1.82, 2.24) is 10.2 Å². The fraction of sp³-hybridized carbons (Fsp3) is 0.750. The lowest BCUT2D eigenvalue weighted by Crippen LogP contribution is -2.58. The van der Waals surface area contributed by atoms with E-state index in [-0.39, 0.29) is 18.0 Å². The van der Waals surface area contributed by atoms with Crippen molar-refractivity contribution in [1.29, 1.82) is 0 Å². The first kappa shape index (κ1) is 17.5. The zero-order valence-electron chi connectivity index (χ0n) is 13.4. The van der Waals surface area contributed by atoms with Crippen LogP contribution in [0.3, 0.4) is 0 Å². The number of amides is 2. The van der Waals surface area contributed by atoms with Gasteiger partial charge in [-0.05, 0) is 33.6 Å². The van der Waals surface area contributed by atoms with Crippen LogP contribution in [0.4, 0.5) is 4.79 Å². The highest BCUT2D eigenvalue weighted by Gasteiger charge is 2.38. The molecule has 1 aliphatic rings. The summed E-state index contributed by atoms with van der Waals surface area (Å²) in [6.07, 6.45) is 6.18. The van der Waals surface area contributed by atoms with Crippen LogP contribution in [0.2, 0.25) is 0 Å². The van der Waals surface area contributed by atoms with Gasteiger partial charge in [-0.1, -0.05) is 25.3 Å². The number of rotatable bonds is 5. The predicted molar refractivity (Wildman–Crippen MR) is 83.3 cm³/mol. The number of carboxylic acid groups (broad SMARTS) is 1. The molecule has 0 spiro atoms. The average molecular weight is 296 g/mol. The van der Waals surface area contributed by atoms with E-state index in [0.717, 1.165) is 32.1 Å². The Bertz CT molecular complexity index is 393. The van der Waals surface area contributed by atoms with E-state index in [4.69, 9.17) is 5.11 Å². The highest BCUT2D eigenvalue weighted by atomic mass is 16.4. The Hall–Kier alpha value is -1.52. The number of carbonyl (C=O) groups excluding carboxylic acids is 1.